The number of nitrogen functional groups attached to an aromatic ring is 1. The molecule has 6 nitrogen and oxygen atoms in total. The van der Waals surface area contributed by atoms with Gasteiger partial charge >= 0.3 is 0 Å². The highest BCUT2D eigenvalue weighted by Gasteiger charge is 2.18. The number of aromatic nitrogens is 1. The number of nitrogens with two attached hydrogens (primary N) is 1. The zero-order valence-corrected chi connectivity index (χ0v) is 11.4. The van der Waals surface area contributed by atoms with Crippen molar-refractivity contribution in [2.75, 3.05) is 12.3 Å². The van der Waals surface area contributed by atoms with Gasteiger partial charge < -0.3 is 15.8 Å². The minimum Gasteiger partial charge on any atom is -0.399 e. The number of fused-ring (bicyclic) bond motifs is 1. The summed E-state index contributed by atoms with van der Waals surface area (Å²) in [6, 6.07) is 5.01. The lowest BCUT2D eigenvalue weighted by Gasteiger charge is -2.07. The lowest BCUT2D eigenvalue weighted by atomic mass is 10.2. The van der Waals surface area contributed by atoms with Gasteiger partial charge in [0.1, 0.15) is 4.90 Å². The van der Waals surface area contributed by atoms with Gasteiger partial charge in [-0.25, -0.2) is 13.1 Å². The SMILES string of the molecule is CC(O)CCNS(=O)(=O)c1c[nH]c2cc(N)ccc12. The van der Waals surface area contributed by atoms with Crippen molar-refractivity contribution in [2.24, 2.45) is 0 Å². The Kier molecular flexibility index (Phi) is 3.79. The third-order valence-electron chi connectivity index (χ3n) is 2.81. The van der Waals surface area contributed by atoms with E-state index in [1.165, 1.54) is 6.20 Å². The Balaban J connectivity index is 2.28. The minimum absolute atomic E-state index is 0.188. The summed E-state index contributed by atoms with van der Waals surface area (Å²) in [6.45, 7) is 1.81. The highest BCUT2D eigenvalue weighted by molar-refractivity contribution is 7.89. The van der Waals surface area contributed by atoms with Gasteiger partial charge in [0.05, 0.1) is 6.10 Å². The molecule has 5 N–H and O–H groups in total. The normalized spacial score (nSPS) is 13.8. The van der Waals surface area contributed by atoms with Crippen molar-refractivity contribution in [1.82, 2.24) is 9.71 Å². The fraction of sp³-hybridized carbons (Fsp3) is 0.333. The maximum absolute atomic E-state index is 12.1. The van der Waals surface area contributed by atoms with Gasteiger partial charge in [-0.1, -0.05) is 0 Å². The van der Waals surface area contributed by atoms with E-state index in [1.54, 1.807) is 25.1 Å². The molecule has 7 heteroatoms. The number of hydrogen-bond acceptors (Lipinski definition) is 4. The third kappa shape index (κ3) is 3.06. The zero-order valence-electron chi connectivity index (χ0n) is 10.6. The monoisotopic (exact) mass is 283 g/mol. The standard InChI is InChI=1S/C12H17N3O3S/c1-8(16)4-5-15-19(17,18)12-7-14-11-6-9(13)2-3-10(11)12/h2-3,6-8,14-16H,4-5,13H2,1H3. The van der Waals surface area contributed by atoms with Crippen molar-refractivity contribution in [3.63, 3.8) is 0 Å². The Labute approximate surface area is 111 Å². The van der Waals surface area contributed by atoms with E-state index < -0.39 is 16.1 Å². The molecule has 104 valence electrons. The molecule has 0 saturated carbocycles. The molecular weight excluding hydrogens is 266 g/mol. The minimum atomic E-state index is -3.59. The number of anilines is 1. The lowest BCUT2D eigenvalue weighted by molar-refractivity contribution is 0.186. The molecule has 0 aliphatic carbocycles. The van der Waals surface area contributed by atoms with E-state index in [4.69, 9.17) is 10.8 Å². The molecule has 0 aliphatic heterocycles. The van der Waals surface area contributed by atoms with Gasteiger partial charge in [0.25, 0.3) is 0 Å². The number of aliphatic hydroxyl groups excluding tert-OH is 1. The second-order valence-electron chi connectivity index (χ2n) is 4.49. The predicted molar refractivity (Wildman–Crippen MR) is 74.2 cm³/mol. The molecule has 0 fully saturated rings. The van der Waals surface area contributed by atoms with E-state index in [0.717, 1.165) is 0 Å². The average molecular weight is 283 g/mol. The van der Waals surface area contributed by atoms with E-state index in [-0.39, 0.29) is 11.4 Å². The van der Waals surface area contributed by atoms with E-state index >= 15 is 0 Å². The first-order valence-corrected chi connectivity index (χ1v) is 7.43. The molecule has 1 aromatic heterocycles. The second-order valence-corrected chi connectivity index (χ2v) is 6.23. The number of nitrogens with one attached hydrogen (secondary N) is 2. The quantitative estimate of drug-likeness (QED) is 0.609. The van der Waals surface area contributed by atoms with E-state index in [9.17, 15) is 8.42 Å². The molecule has 2 aromatic rings. The Morgan fingerprint density at radius 2 is 2.21 bits per heavy atom. The van der Waals surface area contributed by atoms with Gasteiger partial charge in [-0.15, -0.1) is 0 Å². The predicted octanol–water partition coefficient (Wildman–Crippen LogP) is 0.799. The summed E-state index contributed by atoms with van der Waals surface area (Å²) in [6.07, 6.45) is 1.27. The summed E-state index contributed by atoms with van der Waals surface area (Å²) in [5, 5.41) is 9.72. The summed E-state index contributed by atoms with van der Waals surface area (Å²) in [5.74, 6) is 0. The van der Waals surface area contributed by atoms with Crippen LogP contribution in [0.1, 0.15) is 13.3 Å². The Bertz CT molecular complexity index is 677. The van der Waals surface area contributed by atoms with Crippen molar-refractivity contribution in [2.45, 2.75) is 24.3 Å². The van der Waals surface area contributed by atoms with Gasteiger partial charge in [0.15, 0.2) is 0 Å². The highest BCUT2D eigenvalue weighted by atomic mass is 32.2. The Morgan fingerprint density at radius 3 is 2.89 bits per heavy atom. The topological polar surface area (TPSA) is 108 Å². The van der Waals surface area contributed by atoms with Crippen molar-refractivity contribution >= 4 is 26.6 Å². The summed E-state index contributed by atoms with van der Waals surface area (Å²) in [7, 11) is -3.59. The first-order valence-electron chi connectivity index (χ1n) is 5.94. The van der Waals surface area contributed by atoms with Crippen LogP contribution in [0.3, 0.4) is 0 Å². The molecule has 1 aromatic carbocycles. The molecule has 0 radical (unpaired) electrons. The van der Waals surface area contributed by atoms with Crippen molar-refractivity contribution in [3.8, 4) is 0 Å². The first-order chi connectivity index (χ1) is 8.90. The van der Waals surface area contributed by atoms with E-state index in [0.29, 0.717) is 23.0 Å². The molecular formula is C12H17N3O3S. The molecule has 1 heterocycles. The Hall–Kier alpha value is -1.57. The molecule has 0 amide bonds. The number of aliphatic hydroxyl groups is 1. The van der Waals surface area contributed by atoms with Crippen LogP contribution in [0.25, 0.3) is 10.9 Å². The van der Waals surface area contributed by atoms with Crippen LogP contribution in [0.5, 0.6) is 0 Å². The van der Waals surface area contributed by atoms with Gasteiger partial charge in [-0.05, 0) is 31.5 Å². The van der Waals surface area contributed by atoms with Crippen molar-refractivity contribution < 1.29 is 13.5 Å². The molecule has 0 spiro atoms. The smallest absolute Gasteiger partial charge is 0.242 e. The van der Waals surface area contributed by atoms with Crippen molar-refractivity contribution in [1.29, 1.82) is 0 Å². The van der Waals surface area contributed by atoms with Gasteiger partial charge in [0, 0.05) is 29.3 Å². The van der Waals surface area contributed by atoms with Crippen LogP contribution in [-0.4, -0.2) is 31.2 Å². The summed E-state index contributed by atoms with van der Waals surface area (Å²) >= 11 is 0. The fourth-order valence-electron chi connectivity index (χ4n) is 1.82. The van der Waals surface area contributed by atoms with Crippen LogP contribution >= 0.6 is 0 Å². The maximum atomic E-state index is 12.1. The van der Waals surface area contributed by atoms with Crippen LogP contribution < -0.4 is 10.5 Å². The number of hydrogen-bond donors (Lipinski definition) is 4. The molecule has 0 bridgehead atoms. The van der Waals surface area contributed by atoms with Gasteiger partial charge in [-0.2, -0.15) is 0 Å². The Morgan fingerprint density at radius 1 is 1.47 bits per heavy atom. The lowest BCUT2D eigenvalue weighted by Crippen LogP contribution is -2.26. The summed E-state index contributed by atoms with van der Waals surface area (Å²) in [5.41, 5.74) is 6.89. The van der Waals surface area contributed by atoms with E-state index in [2.05, 4.69) is 9.71 Å². The third-order valence-corrected chi connectivity index (χ3v) is 4.31. The number of benzene rings is 1. The largest absolute Gasteiger partial charge is 0.399 e. The van der Waals surface area contributed by atoms with Crippen LogP contribution in [0.15, 0.2) is 29.3 Å². The summed E-state index contributed by atoms with van der Waals surface area (Å²) < 4.78 is 26.7. The molecule has 19 heavy (non-hydrogen) atoms. The van der Waals surface area contributed by atoms with Crippen LogP contribution in [-0.2, 0) is 10.0 Å². The molecule has 0 saturated heterocycles. The number of aromatic amines is 1. The van der Waals surface area contributed by atoms with Crippen LogP contribution in [0.4, 0.5) is 5.69 Å². The second kappa shape index (κ2) is 5.20. The number of sulfonamides is 1. The van der Waals surface area contributed by atoms with Crippen molar-refractivity contribution in [3.05, 3.63) is 24.4 Å². The van der Waals surface area contributed by atoms with Gasteiger partial charge in [0.2, 0.25) is 10.0 Å². The number of H-pyrrole nitrogens is 1. The maximum Gasteiger partial charge on any atom is 0.242 e. The van der Waals surface area contributed by atoms with Crippen LogP contribution in [0.2, 0.25) is 0 Å². The molecule has 1 atom stereocenters. The number of rotatable bonds is 5. The van der Waals surface area contributed by atoms with Crippen LogP contribution in [0, 0.1) is 0 Å². The average Bonchev–Trinajstić information content (AvgIpc) is 2.71. The fourth-order valence-corrected chi connectivity index (χ4v) is 3.04. The zero-order chi connectivity index (χ0) is 14.0. The molecule has 2 rings (SSSR count). The van der Waals surface area contributed by atoms with E-state index in [1.807, 2.05) is 0 Å². The summed E-state index contributed by atoms with van der Waals surface area (Å²) in [4.78, 5) is 3.07. The highest BCUT2D eigenvalue weighted by Crippen LogP contribution is 2.24. The molecule has 0 aliphatic rings. The van der Waals surface area contributed by atoms with Gasteiger partial charge in [-0.3, -0.25) is 0 Å². The first kappa shape index (κ1) is 13.9. The molecule has 1 unspecified atom stereocenters.